The molecule has 1 atom stereocenters. The number of pyridine rings is 1. The first-order valence-corrected chi connectivity index (χ1v) is 8.65. The lowest BCUT2D eigenvalue weighted by molar-refractivity contribution is 0.330. The van der Waals surface area contributed by atoms with Crippen molar-refractivity contribution in [2.45, 2.75) is 36.7 Å². The summed E-state index contributed by atoms with van der Waals surface area (Å²) < 4.78 is 27.4. The topological polar surface area (TPSA) is 76.3 Å². The Kier molecular flexibility index (Phi) is 3.93. The summed E-state index contributed by atoms with van der Waals surface area (Å²) in [5, 5.41) is 1.52. The Morgan fingerprint density at radius 3 is 2.90 bits per heavy atom. The van der Waals surface area contributed by atoms with Crippen molar-refractivity contribution >= 4 is 20.8 Å². The number of nitrogens with zero attached hydrogens (tertiary/aromatic N) is 2. The van der Waals surface area contributed by atoms with Crippen LogP contribution in [0.15, 0.2) is 41.6 Å². The Labute approximate surface area is 124 Å². The molecule has 0 radical (unpaired) electrons. The van der Waals surface area contributed by atoms with Gasteiger partial charge < -0.3 is 5.73 Å². The van der Waals surface area contributed by atoms with E-state index in [1.54, 1.807) is 30.6 Å². The van der Waals surface area contributed by atoms with Crippen LogP contribution >= 0.6 is 0 Å². The van der Waals surface area contributed by atoms with E-state index in [0.29, 0.717) is 23.2 Å². The molecule has 0 spiro atoms. The summed E-state index contributed by atoms with van der Waals surface area (Å²) in [5.74, 6) is 0. The third-order valence-electron chi connectivity index (χ3n) is 3.98. The van der Waals surface area contributed by atoms with Crippen LogP contribution in [0.4, 0.5) is 0 Å². The second kappa shape index (κ2) is 5.71. The van der Waals surface area contributed by atoms with Crippen LogP contribution in [0.25, 0.3) is 10.8 Å². The number of nitrogens with two attached hydrogens (primary N) is 1. The fourth-order valence-electron chi connectivity index (χ4n) is 2.85. The highest BCUT2D eigenvalue weighted by molar-refractivity contribution is 7.89. The molecule has 112 valence electrons. The van der Waals surface area contributed by atoms with Gasteiger partial charge in [-0.1, -0.05) is 25.0 Å². The van der Waals surface area contributed by atoms with E-state index in [0.717, 1.165) is 24.6 Å². The van der Waals surface area contributed by atoms with Crippen molar-refractivity contribution in [1.82, 2.24) is 9.29 Å². The first-order chi connectivity index (χ1) is 10.1. The molecule has 1 unspecified atom stereocenters. The Balaban J connectivity index is 2.11. The number of hydrogen-bond acceptors (Lipinski definition) is 4. The lowest BCUT2D eigenvalue weighted by atomic mass is 10.2. The summed E-state index contributed by atoms with van der Waals surface area (Å²) in [4.78, 5) is 4.36. The predicted octanol–water partition coefficient (Wildman–Crippen LogP) is 2.08. The largest absolute Gasteiger partial charge is 0.315 e. The second-order valence-electron chi connectivity index (χ2n) is 5.39. The molecular weight excluding hydrogens is 286 g/mol. The molecule has 1 fully saturated rings. The molecule has 0 aliphatic carbocycles. The van der Waals surface area contributed by atoms with Gasteiger partial charge in [0.15, 0.2) is 0 Å². The van der Waals surface area contributed by atoms with Gasteiger partial charge in [-0.2, -0.15) is 4.31 Å². The number of sulfonamides is 1. The normalized spacial score (nSPS) is 21.3. The molecule has 0 amide bonds. The second-order valence-corrected chi connectivity index (χ2v) is 7.24. The molecule has 2 heterocycles. The predicted molar refractivity (Wildman–Crippen MR) is 82.1 cm³/mol. The maximum atomic E-state index is 13.0. The van der Waals surface area contributed by atoms with Crippen molar-refractivity contribution in [2.75, 3.05) is 6.54 Å². The summed E-state index contributed by atoms with van der Waals surface area (Å²) in [5.41, 5.74) is 6.08. The summed E-state index contributed by atoms with van der Waals surface area (Å²) in [6.07, 6.45) is 6.44. The van der Waals surface area contributed by atoms with Crippen LogP contribution in [0.2, 0.25) is 0 Å². The smallest absolute Gasteiger partial charge is 0.245 e. The van der Waals surface area contributed by atoms with Crippen LogP contribution < -0.4 is 5.73 Å². The molecule has 1 aliphatic rings. The summed E-state index contributed by atoms with van der Waals surface area (Å²) in [7, 11) is -3.58. The van der Waals surface area contributed by atoms with Gasteiger partial charge in [-0.05, 0) is 25.0 Å². The summed E-state index contributed by atoms with van der Waals surface area (Å²) in [6, 6.07) is 7.00. The molecule has 5 nitrogen and oxygen atoms in total. The lowest BCUT2D eigenvalue weighted by Crippen LogP contribution is -2.45. The summed E-state index contributed by atoms with van der Waals surface area (Å²) in [6.45, 7) is 0.491. The first kappa shape index (κ1) is 14.4. The van der Waals surface area contributed by atoms with Gasteiger partial charge in [-0.15, -0.1) is 0 Å². The van der Waals surface area contributed by atoms with Crippen LogP contribution in [0.3, 0.4) is 0 Å². The van der Waals surface area contributed by atoms with Gasteiger partial charge in [-0.25, -0.2) is 8.42 Å². The number of aromatic nitrogens is 1. The SMILES string of the molecule is NC1CCCCCN1S(=O)(=O)c1cccc2cnccc12. The van der Waals surface area contributed by atoms with Crippen molar-refractivity contribution in [3.05, 3.63) is 36.7 Å². The van der Waals surface area contributed by atoms with Crippen LogP contribution in [0.1, 0.15) is 25.7 Å². The maximum Gasteiger partial charge on any atom is 0.245 e. The van der Waals surface area contributed by atoms with E-state index >= 15 is 0 Å². The molecule has 1 aromatic carbocycles. The maximum absolute atomic E-state index is 13.0. The van der Waals surface area contributed by atoms with Crippen molar-refractivity contribution < 1.29 is 8.42 Å². The van der Waals surface area contributed by atoms with E-state index in [9.17, 15) is 8.42 Å². The number of benzene rings is 1. The molecule has 2 N–H and O–H groups in total. The minimum absolute atomic E-state index is 0.319. The van der Waals surface area contributed by atoms with E-state index in [1.165, 1.54) is 4.31 Å². The van der Waals surface area contributed by atoms with Crippen molar-refractivity contribution in [3.8, 4) is 0 Å². The lowest BCUT2D eigenvalue weighted by Gasteiger charge is -2.26. The van der Waals surface area contributed by atoms with Crippen LogP contribution in [-0.4, -0.2) is 30.4 Å². The molecular formula is C15H19N3O2S. The Morgan fingerprint density at radius 1 is 1.19 bits per heavy atom. The zero-order valence-corrected chi connectivity index (χ0v) is 12.6. The molecule has 1 saturated heterocycles. The fourth-order valence-corrected chi connectivity index (χ4v) is 4.65. The number of fused-ring (bicyclic) bond motifs is 1. The molecule has 21 heavy (non-hydrogen) atoms. The zero-order chi connectivity index (χ0) is 14.9. The molecule has 3 rings (SSSR count). The number of rotatable bonds is 2. The average molecular weight is 305 g/mol. The third kappa shape index (κ3) is 2.66. The number of hydrogen-bond donors (Lipinski definition) is 1. The van der Waals surface area contributed by atoms with E-state index in [-0.39, 0.29) is 0 Å². The van der Waals surface area contributed by atoms with E-state index < -0.39 is 16.2 Å². The minimum Gasteiger partial charge on any atom is -0.315 e. The van der Waals surface area contributed by atoms with Crippen LogP contribution in [-0.2, 0) is 10.0 Å². The molecule has 1 aromatic heterocycles. The van der Waals surface area contributed by atoms with Gasteiger partial charge in [0, 0.05) is 29.7 Å². The van der Waals surface area contributed by atoms with Gasteiger partial charge in [0.2, 0.25) is 10.0 Å². The van der Waals surface area contributed by atoms with Crippen LogP contribution in [0.5, 0.6) is 0 Å². The minimum atomic E-state index is -3.58. The highest BCUT2D eigenvalue weighted by Crippen LogP contribution is 2.28. The van der Waals surface area contributed by atoms with Crippen LogP contribution in [0, 0.1) is 0 Å². The molecule has 0 bridgehead atoms. The zero-order valence-electron chi connectivity index (χ0n) is 11.8. The van der Waals surface area contributed by atoms with Gasteiger partial charge in [0.1, 0.15) is 0 Å². The van der Waals surface area contributed by atoms with Gasteiger partial charge in [-0.3, -0.25) is 4.98 Å². The standard InChI is InChI=1S/C15H19N3O2S/c16-15-7-2-1-3-10-18(15)21(19,20)14-6-4-5-12-11-17-9-8-13(12)14/h4-6,8-9,11,15H,1-3,7,10,16H2. The monoisotopic (exact) mass is 305 g/mol. The van der Waals surface area contributed by atoms with Crippen molar-refractivity contribution in [1.29, 1.82) is 0 Å². The summed E-state index contributed by atoms with van der Waals surface area (Å²) >= 11 is 0. The van der Waals surface area contributed by atoms with E-state index in [4.69, 9.17) is 5.73 Å². The van der Waals surface area contributed by atoms with Gasteiger partial charge in [0.05, 0.1) is 11.1 Å². The Bertz CT molecular complexity index is 740. The highest BCUT2D eigenvalue weighted by Gasteiger charge is 2.31. The van der Waals surface area contributed by atoms with Crippen molar-refractivity contribution in [2.24, 2.45) is 5.73 Å². The van der Waals surface area contributed by atoms with E-state index in [2.05, 4.69) is 4.98 Å². The highest BCUT2D eigenvalue weighted by atomic mass is 32.2. The Hall–Kier alpha value is -1.50. The first-order valence-electron chi connectivity index (χ1n) is 7.21. The van der Waals surface area contributed by atoms with Gasteiger partial charge in [0.25, 0.3) is 0 Å². The fraction of sp³-hybridized carbons (Fsp3) is 0.400. The molecule has 0 saturated carbocycles. The quantitative estimate of drug-likeness (QED) is 0.921. The Morgan fingerprint density at radius 2 is 2.05 bits per heavy atom. The molecule has 6 heteroatoms. The molecule has 1 aliphatic heterocycles. The van der Waals surface area contributed by atoms with E-state index in [1.807, 2.05) is 6.07 Å². The van der Waals surface area contributed by atoms with Gasteiger partial charge >= 0.3 is 0 Å². The third-order valence-corrected chi connectivity index (χ3v) is 5.96. The van der Waals surface area contributed by atoms with Crippen molar-refractivity contribution in [3.63, 3.8) is 0 Å². The molecule has 2 aromatic rings. The average Bonchev–Trinajstić information content (AvgIpc) is 2.71.